The van der Waals surface area contributed by atoms with Crippen LogP contribution in [0.3, 0.4) is 0 Å². The van der Waals surface area contributed by atoms with Gasteiger partial charge in [-0.05, 0) is 43.4 Å². The molecule has 23 heavy (non-hydrogen) atoms. The summed E-state index contributed by atoms with van der Waals surface area (Å²) in [4.78, 5) is 25.0. The lowest BCUT2D eigenvalue weighted by Crippen LogP contribution is -2.46. The zero-order chi connectivity index (χ0) is 16.3. The third kappa shape index (κ3) is 3.86. The maximum atomic E-state index is 12.5. The molecule has 0 bridgehead atoms. The molecule has 0 radical (unpaired) electrons. The molecule has 2 saturated carbocycles. The van der Waals surface area contributed by atoms with E-state index in [1.165, 1.54) is 19.3 Å². The highest BCUT2D eigenvalue weighted by molar-refractivity contribution is 6.30. The molecule has 3 rings (SSSR count). The zero-order valence-corrected chi connectivity index (χ0v) is 14.0. The van der Waals surface area contributed by atoms with E-state index in [1.807, 2.05) is 12.1 Å². The summed E-state index contributed by atoms with van der Waals surface area (Å²) in [6.07, 6.45) is 6.96. The van der Waals surface area contributed by atoms with Crippen LogP contribution in [0.4, 0.5) is 0 Å². The fraction of sp³-hybridized carbons (Fsp3) is 0.556. The highest BCUT2D eigenvalue weighted by Crippen LogP contribution is 2.46. The first kappa shape index (κ1) is 16.3. The average Bonchev–Trinajstić information content (AvgIpc) is 3.37. The molecule has 2 fully saturated rings. The minimum Gasteiger partial charge on any atom is -0.352 e. The number of amides is 2. The molecule has 0 spiro atoms. The fourth-order valence-electron chi connectivity index (χ4n) is 3.21. The van der Waals surface area contributed by atoms with Gasteiger partial charge in [-0.3, -0.25) is 9.59 Å². The zero-order valence-electron chi connectivity index (χ0n) is 13.2. The molecule has 0 unspecified atom stereocenters. The van der Waals surface area contributed by atoms with Gasteiger partial charge in [-0.1, -0.05) is 43.0 Å². The first-order chi connectivity index (χ1) is 11.1. The topological polar surface area (TPSA) is 58.2 Å². The van der Waals surface area contributed by atoms with Crippen LogP contribution in [0.25, 0.3) is 0 Å². The second-order valence-electron chi connectivity index (χ2n) is 6.70. The number of benzene rings is 1. The molecule has 0 saturated heterocycles. The van der Waals surface area contributed by atoms with Crippen molar-refractivity contribution in [2.45, 2.75) is 57.5 Å². The van der Waals surface area contributed by atoms with Gasteiger partial charge in [-0.15, -0.1) is 0 Å². The third-order valence-corrected chi connectivity index (χ3v) is 5.18. The summed E-state index contributed by atoms with van der Waals surface area (Å²) >= 11 is 5.85. The van der Waals surface area contributed by atoms with Crippen LogP contribution in [-0.4, -0.2) is 17.9 Å². The van der Waals surface area contributed by atoms with E-state index in [1.54, 1.807) is 12.1 Å². The lowest BCUT2D eigenvalue weighted by Gasteiger charge is -2.25. The van der Waals surface area contributed by atoms with Gasteiger partial charge in [0.05, 0.1) is 0 Å². The molecule has 0 heterocycles. The van der Waals surface area contributed by atoms with Crippen LogP contribution in [-0.2, 0) is 16.1 Å². The van der Waals surface area contributed by atoms with Crippen LogP contribution in [0, 0.1) is 5.41 Å². The van der Waals surface area contributed by atoms with Crippen molar-refractivity contribution in [2.24, 2.45) is 5.41 Å². The van der Waals surface area contributed by atoms with Crippen LogP contribution >= 0.6 is 11.6 Å². The van der Waals surface area contributed by atoms with Gasteiger partial charge in [-0.25, -0.2) is 0 Å². The van der Waals surface area contributed by atoms with Crippen molar-refractivity contribution in [3.05, 3.63) is 34.9 Å². The molecule has 1 aromatic rings. The number of halogens is 1. The van der Waals surface area contributed by atoms with Crippen molar-refractivity contribution in [3.8, 4) is 0 Å². The van der Waals surface area contributed by atoms with E-state index in [4.69, 9.17) is 11.6 Å². The molecule has 2 N–H and O–H groups in total. The van der Waals surface area contributed by atoms with Gasteiger partial charge in [0, 0.05) is 17.6 Å². The van der Waals surface area contributed by atoms with Crippen molar-refractivity contribution in [1.29, 1.82) is 0 Å². The number of nitrogens with one attached hydrogen (secondary N) is 2. The lowest BCUT2D eigenvalue weighted by molar-refractivity contribution is -0.137. The summed E-state index contributed by atoms with van der Waals surface area (Å²) in [7, 11) is 0. The average molecular weight is 335 g/mol. The van der Waals surface area contributed by atoms with Crippen molar-refractivity contribution >= 4 is 23.4 Å². The summed E-state index contributed by atoms with van der Waals surface area (Å²) < 4.78 is 0. The predicted octanol–water partition coefficient (Wildman–Crippen LogP) is 3.19. The Morgan fingerprint density at radius 3 is 2.30 bits per heavy atom. The molecule has 2 aliphatic rings. The van der Waals surface area contributed by atoms with E-state index in [0.29, 0.717) is 24.4 Å². The van der Waals surface area contributed by atoms with Gasteiger partial charge < -0.3 is 10.6 Å². The Balaban J connectivity index is 1.53. The van der Waals surface area contributed by atoms with E-state index in [9.17, 15) is 9.59 Å². The second kappa shape index (κ2) is 6.91. The Morgan fingerprint density at radius 2 is 1.70 bits per heavy atom. The molecule has 124 valence electrons. The van der Waals surface area contributed by atoms with Crippen LogP contribution < -0.4 is 10.6 Å². The minimum atomic E-state index is -0.829. The second-order valence-corrected chi connectivity index (χ2v) is 7.14. The summed E-state index contributed by atoms with van der Waals surface area (Å²) in [5.41, 5.74) is 0.149. The molecule has 0 aromatic heterocycles. The monoisotopic (exact) mass is 334 g/mol. The molecule has 4 nitrogen and oxygen atoms in total. The standard InChI is InChI=1S/C18H23ClN2O2/c19-14-8-6-13(7-9-14)12-20-16(22)18(10-11-18)17(23)21-15-4-2-1-3-5-15/h6-9,15H,1-5,10-12H2,(H,20,22)(H,21,23). The summed E-state index contributed by atoms with van der Waals surface area (Å²) in [6.45, 7) is 0.425. The van der Waals surface area contributed by atoms with Crippen molar-refractivity contribution in [1.82, 2.24) is 10.6 Å². The van der Waals surface area contributed by atoms with E-state index >= 15 is 0 Å². The Kier molecular flexibility index (Phi) is 4.90. The Morgan fingerprint density at radius 1 is 1.04 bits per heavy atom. The van der Waals surface area contributed by atoms with E-state index in [-0.39, 0.29) is 17.9 Å². The van der Waals surface area contributed by atoms with E-state index in [0.717, 1.165) is 18.4 Å². The molecular weight excluding hydrogens is 312 g/mol. The molecule has 2 amide bonds. The number of rotatable bonds is 5. The molecule has 1 aromatic carbocycles. The normalized spacial score (nSPS) is 19.9. The molecule has 5 heteroatoms. The first-order valence-corrected chi connectivity index (χ1v) is 8.82. The summed E-state index contributed by atoms with van der Waals surface area (Å²) in [5, 5.41) is 6.66. The van der Waals surface area contributed by atoms with Gasteiger partial charge in [-0.2, -0.15) is 0 Å². The highest BCUT2D eigenvalue weighted by Gasteiger charge is 2.56. The lowest BCUT2D eigenvalue weighted by atomic mass is 9.94. The van der Waals surface area contributed by atoms with Gasteiger partial charge in [0.1, 0.15) is 5.41 Å². The maximum Gasteiger partial charge on any atom is 0.235 e. The molecule has 0 aliphatic heterocycles. The Labute approximate surface area is 142 Å². The van der Waals surface area contributed by atoms with E-state index < -0.39 is 5.41 Å². The quantitative estimate of drug-likeness (QED) is 0.812. The SMILES string of the molecule is O=C(NCc1ccc(Cl)cc1)C1(C(=O)NC2CCCCC2)CC1. The number of carbonyl (C=O) groups is 2. The number of hydrogen-bond acceptors (Lipinski definition) is 2. The van der Waals surface area contributed by atoms with Gasteiger partial charge in [0.2, 0.25) is 11.8 Å². The minimum absolute atomic E-state index is 0.0852. The number of hydrogen-bond donors (Lipinski definition) is 2. The first-order valence-electron chi connectivity index (χ1n) is 8.44. The van der Waals surface area contributed by atoms with Crippen LogP contribution in [0.15, 0.2) is 24.3 Å². The predicted molar refractivity (Wildman–Crippen MR) is 90.0 cm³/mol. The van der Waals surface area contributed by atoms with Crippen molar-refractivity contribution in [2.75, 3.05) is 0 Å². The Bertz CT molecular complexity index is 575. The van der Waals surface area contributed by atoms with E-state index in [2.05, 4.69) is 10.6 Å². The van der Waals surface area contributed by atoms with Gasteiger partial charge in [0.25, 0.3) is 0 Å². The van der Waals surface area contributed by atoms with Crippen molar-refractivity contribution < 1.29 is 9.59 Å². The van der Waals surface area contributed by atoms with Crippen LogP contribution in [0.5, 0.6) is 0 Å². The third-order valence-electron chi connectivity index (χ3n) is 4.93. The van der Waals surface area contributed by atoms with Crippen LogP contribution in [0.2, 0.25) is 5.02 Å². The largest absolute Gasteiger partial charge is 0.352 e. The maximum absolute atomic E-state index is 12.5. The summed E-state index contributed by atoms with van der Waals surface area (Å²) in [6, 6.07) is 7.60. The molecule has 2 aliphatic carbocycles. The Hall–Kier alpha value is -1.55. The van der Waals surface area contributed by atoms with Gasteiger partial charge in [0.15, 0.2) is 0 Å². The molecular formula is C18H23ClN2O2. The van der Waals surface area contributed by atoms with Crippen molar-refractivity contribution in [3.63, 3.8) is 0 Å². The molecule has 0 atom stereocenters. The summed E-state index contributed by atoms with van der Waals surface area (Å²) in [5.74, 6) is -0.237. The highest BCUT2D eigenvalue weighted by atomic mass is 35.5. The smallest absolute Gasteiger partial charge is 0.235 e. The fourth-order valence-corrected chi connectivity index (χ4v) is 3.33. The number of carbonyl (C=O) groups excluding carboxylic acids is 2. The van der Waals surface area contributed by atoms with Crippen LogP contribution in [0.1, 0.15) is 50.5 Å². The van der Waals surface area contributed by atoms with Gasteiger partial charge >= 0.3 is 0 Å².